The minimum Gasteiger partial charge on any atom is -0.495 e. The summed E-state index contributed by atoms with van der Waals surface area (Å²) in [5.41, 5.74) is 3.22. The monoisotopic (exact) mass is 292 g/mol. The van der Waals surface area contributed by atoms with E-state index in [2.05, 4.69) is 9.97 Å². The predicted molar refractivity (Wildman–Crippen MR) is 87.1 cm³/mol. The number of para-hydroxylation sites is 1. The minimum absolute atomic E-state index is 0.0586. The highest BCUT2D eigenvalue weighted by Gasteiger charge is 2.11. The molecule has 1 aromatic carbocycles. The number of hydrogen-bond donors (Lipinski definition) is 1. The Hall–Kier alpha value is -2.88. The first-order chi connectivity index (χ1) is 10.7. The smallest absolute Gasteiger partial charge is 0.190 e. The second-order valence-electron chi connectivity index (χ2n) is 5.06. The molecule has 0 aliphatic rings. The fourth-order valence-electron chi connectivity index (χ4n) is 2.39. The Labute approximate surface area is 128 Å². The molecule has 0 aliphatic carbocycles. The van der Waals surface area contributed by atoms with Crippen molar-refractivity contribution in [3.63, 3.8) is 0 Å². The molecular weight excluding hydrogens is 276 g/mol. The Bertz CT molecular complexity index is 862. The summed E-state index contributed by atoms with van der Waals surface area (Å²) in [6.07, 6.45) is 6.93. The van der Waals surface area contributed by atoms with Crippen LogP contribution in [-0.4, -0.2) is 22.9 Å². The van der Waals surface area contributed by atoms with Crippen LogP contribution in [0, 0.1) is 0 Å². The van der Waals surface area contributed by atoms with Gasteiger partial charge in [0.25, 0.3) is 0 Å². The van der Waals surface area contributed by atoms with Gasteiger partial charge in [-0.25, -0.2) is 0 Å². The molecule has 3 rings (SSSR count). The van der Waals surface area contributed by atoms with E-state index in [9.17, 15) is 4.79 Å². The number of nitrogens with zero attached hydrogens (tertiary/aromatic N) is 1. The second kappa shape index (κ2) is 5.85. The fraction of sp³-hybridized carbons (Fsp3) is 0.111. The van der Waals surface area contributed by atoms with Crippen molar-refractivity contribution in [1.29, 1.82) is 0 Å². The lowest BCUT2D eigenvalue weighted by molar-refractivity contribution is 0.103. The van der Waals surface area contributed by atoms with Gasteiger partial charge in [0.1, 0.15) is 5.75 Å². The SMILES string of the molecule is COc1cncc(C(=O)C(C)=Cc2c[nH]c3ccccc23)c1. The van der Waals surface area contributed by atoms with Crippen molar-refractivity contribution >= 4 is 22.8 Å². The number of pyridine rings is 1. The zero-order chi connectivity index (χ0) is 15.5. The van der Waals surface area contributed by atoms with Crippen molar-refractivity contribution in [3.05, 3.63) is 65.6 Å². The Morgan fingerprint density at radius 3 is 2.91 bits per heavy atom. The van der Waals surface area contributed by atoms with Gasteiger partial charge in [0.05, 0.1) is 13.3 Å². The number of carbonyl (C=O) groups is 1. The number of fused-ring (bicyclic) bond motifs is 1. The normalized spacial score (nSPS) is 11.6. The van der Waals surface area contributed by atoms with Crippen LogP contribution in [0.4, 0.5) is 0 Å². The number of nitrogens with one attached hydrogen (secondary N) is 1. The van der Waals surface area contributed by atoms with E-state index >= 15 is 0 Å². The average molecular weight is 292 g/mol. The van der Waals surface area contributed by atoms with E-state index in [1.54, 1.807) is 25.6 Å². The van der Waals surface area contributed by atoms with Gasteiger partial charge < -0.3 is 9.72 Å². The van der Waals surface area contributed by atoms with Gasteiger partial charge >= 0.3 is 0 Å². The van der Waals surface area contributed by atoms with Gasteiger partial charge in [0.15, 0.2) is 5.78 Å². The van der Waals surface area contributed by atoms with Crippen molar-refractivity contribution < 1.29 is 9.53 Å². The molecule has 0 unspecified atom stereocenters. The molecule has 3 aromatic rings. The molecule has 4 nitrogen and oxygen atoms in total. The number of allylic oxidation sites excluding steroid dienone is 1. The van der Waals surface area contributed by atoms with E-state index in [1.807, 2.05) is 43.5 Å². The molecule has 0 saturated carbocycles. The largest absolute Gasteiger partial charge is 0.495 e. The summed E-state index contributed by atoms with van der Waals surface area (Å²) >= 11 is 0. The van der Waals surface area contributed by atoms with Crippen LogP contribution in [0.1, 0.15) is 22.8 Å². The Morgan fingerprint density at radius 2 is 2.09 bits per heavy atom. The number of aromatic nitrogens is 2. The van der Waals surface area contributed by atoms with Gasteiger partial charge in [-0.1, -0.05) is 18.2 Å². The third-order valence-corrected chi connectivity index (χ3v) is 3.56. The van der Waals surface area contributed by atoms with Crippen molar-refractivity contribution in [1.82, 2.24) is 9.97 Å². The molecule has 2 aromatic heterocycles. The number of carbonyl (C=O) groups excluding carboxylic acids is 1. The summed E-state index contributed by atoms with van der Waals surface area (Å²) in [5, 5.41) is 1.10. The zero-order valence-corrected chi connectivity index (χ0v) is 12.5. The number of aromatic amines is 1. The van der Waals surface area contributed by atoms with Gasteiger partial charge in [-0.15, -0.1) is 0 Å². The summed E-state index contributed by atoms with van der Waals surface area (Å²) in [7, 11) is 1.56. The molecule has 2 heterocycles. The van der Waals surface area contributed by atoms with Crippen molar-refractivity contribution in [2.24, 2.45) is 0 Å². The molecular formula is C18H16N2O2. The van der Waals surface area contributed by atoms with Gasteiger partial charge in [0.2, 0.25) is 0 Å². The maximum Gasteiger partial charge on any atom is 0.190 e. The number of benzene rings is 1. The highest BCUT2D eigenvalue weighted by molar-refractivity contribution is 6.11. The number of rotatable bonds is 4. The molecule has 22 heavy (non-hydrogen) atoms. The van der Waals surface area contributed by atoms with E-state index in [0.29, 0.717) is 16.9 Å². The summed E-state index contributed by atoms with van der Waals surface area (Å²) in [5.74, 6) is 0.516. The third kappa shape index (κ3) is 2.63. The third-order valence-electron chi connectivity index (χ3n) is 3.56. The molecule has 0 bridgehead atoms. The first kappa shape index (κ1) is 14.1. The first-order valence-electron chi connectivity index (χ1n) is 6.97. The lowest BCUT2D eigenvalue weighted by atomic mass is 10.0. The molecule has 0 saturated heterocycles. The summed E-state index contributed by atoms with van der Waals surface area (Å²) < 4.78 is 5.11. The molecule has 4 heteroatoms. The maximum atomic E-state index is 12.5. The number of methoxy groups -OCH3 is 1. The molecule has 0 amide bonds. The Morgan fingerprint density at radius 1 is 1.27 bits per heavy atom. The van der Waals surface area contributed by atoms with Crippen molar-refractivity contribution in [2.45, 2.75) is 6.92 Å². The van der Waals surface area contributed by atoms with Crippen LogP contribution in [0.25, 0.3) is 17.0 Å². The first-order valence-corrected chi connectivity index (χ1v) is 6.97. The highest BCUT2D eigenvalue weighted by atomic mass is 16.5. The molecule has 0 atom stereocenters. The molecule has 1 N–H and O–H groups in total. The average Bonchev–Trinajstić information content (AvgIpc) is 2.97. The van der Waals surface area contributed by atoms with E-state index in [1.165, 1.54) is 0 Å². The van der Waals surface area contributed by atoms with Crippen LogP contribution in [0.3, 0.4) is 0 Å². The summed E-state index contributed by atoms with van der Waals surface area (Å²) in [4.78, 5) is 19.7. The Kier molecular flexibility index (Phi) is 3.74. The van der Waals surface area contributed by atoms with Gasteiger partial charge in [-0.2, -0.15) is 0 Å². The molecule has 110 valence electrons. The van der Waals surface area contributed by atoms with Crippen LogP contribution >= 0.6 is 0 Å². The van der Waals surface area contributed by atoms with Gasteiger partial charge in [-0.05, 0) is 30.7 Å². The van der Waals surface area contributed by atoms with Gasteiger partial charge in [0, 0.05) is 34.4 Å². The van der Waals surface area contributed by atoms with Gasteiger partial charge in [-0.3, -0.25) is 9.78 Å². The van der Waals surface area contributed by atoms with Crippen LogP contribution in [-0.2, 0) is 0 Å². The molecule has 0 fully saturated rings. The van der Waals surface area contributed by atoms with Crippen molar-refractivity contribution in [2.75, 3.05) is 7.11 Å². The van der Waals surface area contributed by atoms with E-state index in [0.717, 1.165) is 16.5 Å². The summed E-state index contributed by atoms with van der Waals surface area (Å²) in [6, 6.07) is 9.70. The molecule has 0 radical (unpaired) electrons. The minimum atomic E-state index is -0.0586. The quantitative estimate of drug-likeness (QED) is 0.587. The maximum absolute atomic E-state index is 12.5. The second-order valence-corrected chi connectivity index (χ2v) is 5.06. The van der Waals surface area contributed by atoms with Crippen LogP contribution in [0.5, 0.6) is 5.75 Å². The number of Topliss-reactive ketones (excluding diaryl/α,β-unsaturated/α-hetero) is 1. The van der Waals surface area contributed by atoms with E-state index in [4.69, 9.17) is 4.74 Å². The lowest BCUT2D eigenvalue weighted by Crippen LogP contribution is -2.01. The van der Waals surface area contributed by atoms with E-state index in [-0.39, 0.29) is 5.78 Å². The van der Waals surface area contributed by atoms with E-state index < -0.39 is 0 Å². The zero-order valence-electron chi connectivity index (χ0n) is 12.5. The summed E-state index contributed by atoms with van der Waals surface area (Å²) in [6.45, 7) is 1.81. The van der Waals surface area contributed by atoms with Crippen molar-refractivity contribution in [3.8, 4) is 5.75 Å². The fourth-order valence-corrected chi connectivity index (χ4v) is 2.39. The van der Waals surface area contributed by atoms with Crippen LogP contribution in [0.2, 0.25) is 0 Å². The van der Waals surface area contributed by atoms with Crippen LogP contribution < -0.4 is 4.74 Å². The highest BCUT2D eigenvalue weighted by Crippen LogP contribution is 2.22. The lowest BCUT2D eigenvalue weighted by Gasteiger charge is -2.03. The number of hydrogen-bond acceptors (Lipinski definition) is 3. The number of ether oxygens (including phenoxy) is 1. The molecule has 0 aliphatic heterocycles. The molecule has 0 spiro atoms. The topological polar surface area (TPSA) is 55.0 Å². The van der Waals surface area contributed by atoms with Crippen LogP contribution in [0.15, 0.2) is 54.5 Å². The number of ketones is 1. The Balaban J connectivity index is 1.95. The standard InChI is InChI=1S/C18H16N2O2/c1-12(18(21)14-8-15(22-2)11-19-9-14)7-13-10-20-17-6-4-3-5-16(13)17/h3-11,20H,1-2H3. The predicted octanol–water partition coefficient (Wildman–Crippen LogP) is 3.86. The number of H-pyrrole nitrogens is 1.